The molecule has 0 aliphatic carbocycles. The van der Waals surface area contributed by atoms with E-state index in [1.54, 1.807) is 11.8 Å². The summed E-state index contributed by atoms with van der Waals surface area (Å²) in [5, 5.41) is 3.88. The molecule has 0 aliphatic heterocycles. The lowest BCUT2D eigenvalue weighted by atomic mass is 9.87. The minimum atomic E-state index is -0.0837. The molecule has 0 spiro atoms. The highest BCUT2D eigenvalue weighted by Gasteiger charge is 2.23. The largest absolute Gasteiger partial charge is 0.398 e. The van der Waals surface area contributed by atoms with Crippen LogP contribution in [0.5, 0.6) is 0 Å². The number of nitrogens with zero attached hydrogens (tertiary/aromatic N) is 1. The fourth-order valence-electron chi connectivity index (χ4n) is 2.40. The van der Waals surface area contributed by atoms with E-state index in [9.17, 15) is 0 Å². The van der Waals surface area contributed by atoms with Crippen molar-refractivity contribution in [2.75, 3.05) is 7.11 Å². The van der Waals surface area contributed by atoms with Gasteiger partial charge in [0.1, 0.15) is 7.11 Å². The minimum Gasteiger partial charge on any atom is -0.398 e. The average Bonchev–Trinajstić information content (AvgIpc) is 2.53. The molecule has 0 saturated heterocycles. The Morgan fingerprint density at radius 1 is 1.04 bits per heavy atom. The monoisotopic (exact) mass is 328 g/mol. The first-order valence-corrected chi connectivity index (χ1v) is 8.49. The molecule has 2 N–H and O–H groups in total. The Labute approximate surface area is 142 Å². The molecule has 0 heterocycles. The lowest BCUT2D eigenvalue weighted by Crippen LogP contribution is -2.21. The maximum absolute atomic E-state index is 6.17. The van der Waals surface area contributed by atoms with E-state index in [1.807, 2.05) is 18.2 Å². The van der Waals surface area contributed by atoms with Gasteiger partial charge in [-0.3, -0.25) is 0 Å². The average molecular weight is 328 g/mol. The summed E-state index contributed by atoms with van der Waals surface area (Å²) in [5.41, 5.74) is 8.65. The maximum atomic E-state index is 6.17. The molecule has 0 bridgehead atoms. The van der Waals surface area contributed by atoms with Crippen LogP contribution in [0.2, 0.25) is 0 Å². The molecule has 122 valence electrons. The Hall–Kier alpha value is -1.94. The van der Waals surface area contributed by atoms with Gasteiger partial charge in [0.15, 0.2) is 5.84 Å². The smallest absolute Gasteiger partial charge is 0.157 e. The van der Waals surface area contributed by atoms with Gasteiger partial charge in [-0.25, -0.2) is 0 Å². The van der Waals surface area contributed by atoms with Gasteiger partial charge in [-0.2, -0.15) is 0 Å². The number of nitrogens with two attached hydrogens (primary N) is 1. The molecule has 23 heavy (non-hydrogen) atoms. The molecular formula is C19H24N2OS. The van der Waals surface area contributed by atoms with E-state index < -0.39 is 0 Å². The van der Waals surface area contributed by atoms with Crippen molar-refractivity contribution >= 4 is 17.6 Å². The van der Waals surface area contributed by atoms with Crippen molar-refractivity contribution in [2.24, 2.45) is 10.9 Å². The van der Waals surface area contributed by atoms with Crippen molar-refractivity contribution in [2.45, 2.75) is 36.3 Å². The van der Waals surface area contributed by atoms with Gasteiger partial charge in [-0.1, -0.05) is 74.5 Å². The molecule has 4 heteroatoms. The molecule has 0 aliphatic rings. The summed E-state index contributed by atoms with van der Waals surface area (Å²) < 4.78 is 0. The molecule has 2 aromatic carbocycles. The Kier molecular flexibility index (Phi) is 5.72. The van der Waals surface area contributed by atoms with Crippen LogP contribution >= 0.6 is 11.8 Å². The van der Waals surface area contributed by atoms with Crippen LogP contribution in [0.15, 0.2) is 64.6 Å². The Bertz CT molecular complexity index is 663. The van der Waals surface area contributed by atoms with Crippen LogP contribution in [0.3, 0.4) is 0 Å². The van der Waals surface area contributed by atoms with E-state index >= 15 is 0 Å². The van der Waals surface area contributed by atoms with Crippen LogP contribution in [0.1, 0.15) is 37.1 Å². The van der Waals surface area contributed by atoms with Crippen molar-refractivity contribution in [3.8, 4) is 0 Å². The molecule has 1 atom stereocenters. The van der Waals surface area contributed by atoms with Crippen molar-refractivity contribution < 1.29 is 4.84 Å². The van der Waals surface area contributed by atoms with E-state index in [2.05, 4.69) is 62.3 Å². The Balaban J connectivity index is 2.42. The van der Waals surface area contributed by atoms with Crippen LogP contribution in [0, 0.1) is 0 Å². The minimum absolute atomic E-state index is 0.0675. The Morgan fingerprint density at radius 2 is 1.65 bits per heavy atom. The second kappa shape index (κ2) is 7.55. The molecule has 2 rings (SSSR count). The summed E-state index contributed by atoms with van der Waals surface area (Å²) in [4.78, 5) is 6.10. The summed E-state index contributed by atoms with van der Waals surface area (Å²) in [7, 11) is 1.52. The molecule has 0 amide bonds. The van der Waals surface area contributed by atoms with Gasteiger partial charge in [0, 0.05) is 4.90 Å². The zero-order chi connectivity index (χ0) is 16.9. The predicted octanol–water partition coefficient (Wildman–Crippen LogP) is 4.74. The third-order valence-corrected chi connectivity index (χ3v) is 4.87. The first-order chi connectivity index (χ1) is 10.9. The molecule has 0 aromatic heterocycles. The second-order valence-electron chi connectivity index (χ2n) is 6.35. The number of rotatable bonds is 5. The second-order valence-corrected chi connectivity index (χ2v) is 7.50. The van der Waals surface area contributed by atoms with Crippen molar-refractivity contribution in [3.63, 3.8) is 0 Å². The highest BCUT2D eigenvalue weighted by Crippen LogP contribution is 2.40. The zero-order valence-corrected chi connectivity index (χ0v) is 14.9. The molecule has 0 radical (unpaired) electrons. The van der Waals surface area contributed by atoms with Crippen molar-refractivity contribution in [3.05, 3.63) is 65.7 Å². The fourth-order valence-corrected chi connectivity index (χ4v) is 3.77. The summed E-state index contributed by atoms with van der Waals surface area (Å²) in [6, 6.07) is 18.6. The molecular weight excluding hydrogens is 304 g/mol. The zero-order valence-electron chi connectivity index (χ0n) is 14.1. The molecule has 0 saturated carbocycles. The van der Waals surface area contributed by atoms with Crippen LogP contribution < -0.4 is 5.73 Å². The molecule has 2 aromatic rings. The quantitative estimate of drug-likeness (QED) is 0.373. The number of amidine groups is 1. The third-order valence-electron chi connectivity index (χ3n) is 3.51. The topological polar surface area (TPSA) is 47.6 Å². The molecule has 3 nitrogen and oxygen atoms in total. The lowest BCUT2D eigenvalue weighted by molar-refractivity contribution is 0.212. The standard InChI is InChI=1S/C19H24N2OS/c1-19(2,3)15-12-8-9-13-16(15)23-17(18(20)21-22-4)14-10-6-5-7-11-14/h5-13,17H,1-4H3,(H2,20,21). The predicted molar refractivity (Wildman–Crippen MR) is 98.8 cm³/mol. The van der Waals surface area contributed by atoms with E-state index in [0.29, 0.717) is 5.84 Å². The van der Waals surface area contributed by atoms with Gasteiger partial charge in [0.25, 0.3) is 0 Å². The van der Waals surface area contributed by atoms with Crippen molar-refractivity contribution in [1.82, 2.24) is 0 Å². The van der Waals surface area contributed by atoms with Crippen LogP contribution in [-0.4, -0.2) is 12.9 Å². The van der Waals surface area contributed by atoms with E-state index in [4.69, 9.17) is 10.6 Å². The van der Waals surface area contributed by atoms with Gasteiger partial charge in [0.05, 0.1) is 5.25 Å². The number of thioether (sulfide) groups is 1. The van der Waals surface area contributed by atoms with Crippen LogP contribution in [-0.2, 0) is 10.3 Å². The summed E-state index contributed by atoms with van der Waals surface area (Å²) >= 11 is 1.71. The maximum Gasteiger partial charge on any atom is 0.157 e. The van der Waals surface area contributed by atoms with E-state index in [0.717, 1.165) is 5.56 Å². The van der Waals surface area contributed by atoms with Gasteiger partial charge >= 0.3 is 0 Å². The first-order valence-electron chi connectivity index (χ1n) is 7.61. The summed E-state index contributed by atoms with van der Waals surface area (Å²) in [5.74, 6) is 0.465. The van der Waals surface area contributed by atoms with Gasteiger partial charge in [0.2, 0.25) is 0 Å². The van der Waals surface area contributed by atoms with Gasteiger partial charge in [-0.15, -0.1) is 11.8 Å². The number of hydrogen-bond donors (Lipinski definition) is 1. The first kappa shape index (κ1) is 17.4. The number of benzene rings is 2. The number of oxime groups is 1. The Morgan fingerprint density at radius 3 is 2.26 bits per heavy atom. The lowest BCUT2D eigenvalue weighted by Gasteiger charge is -2.25. The van der Waals surface area contributed by atoms with Gasteiger partial charge < -0.3 is 10.6 Å². The highest BCUT2D eigenvalue weighted by molar-refractivity contribution is 8.00. The van der Waals surface area contributed by atoms with E-state index in [1.165, 1.54) is 17.6 Å². The van der Waals surface area contributed by atoms with Crippen LogP contribution in [0.4, 0.5) is 0 Å². The highest BCUT2D eigenvalue weighted by atomic mass is 32.2. The van der Waals surface area contributed by atoms with Crippen molar-refractivity contribution in [1.29, 1.82) is 0 Å². The summed E-state index contributed by atoms with van der Waals surface area (Å²) in [6.07, 6.45) is 0. The van der Waals surface area contributed by atoms with Crippen LogP contribution in [0.25, 0.3) is 0 Å². The summed E-state index contributed by atoms with van der Waals surface area (Å²) in [6.45, 7) is 6.66. The number of hydrogen-bond acceptors (Lipinski definition) is 3. The molecule has 1 unspecified atom stereocenters. The van der Waals surface area contributed by atoms with Gasteiger partial charge in [-0.05, 0) is 22.6 Å². The fraction of sp³-hybridized carbons (Fsp3) is 0.316. The normalized spacial score (nSPS) is 13.7. The SMILES string of the molecule is CO/N=C(/N)C(Sc1ccccc1C(C)(C)C)c1ccccc1. The van der Waals surface area contributed by atoms with E-state index in [-0.39, 0.29) is 10.7 Å². The third kappa shape index (κ3) is 4.52. The molecule has 0 fully saturated rings.